The Hall–Kier alpha value is -1.40. The van der Waals surface area contributed by atoms with E-state index < -0.39 is 0 Å². The molecule has 2 fully saturated rings. The third-order valence-electron chi connectivity index (χ3n) is 5.75. The molecule has 0 saturated heterocycles. The number of nitrogens with zero attached hydrogens (tertiary/aromatic N) is 4. The Morgan fingerprint density at radius 3 is 2.44 bits per heavy atom. The SMILES string of the molecule is CCn1c(-c2ccco2)nn(CN(C2CCC(C)CC2)C2CC2)c1=S. The molecule has 0 aromatic carbocycles. The summed E-state index contributed by atoms with van der Waals surface area (Å²) in [5, 5.41) is 4.82. The molecular formula is C19H28N4OS. The first kappa shape index (κ1) is 17.0. The highest BCUT2D eigenvalue weighted by molar-refractivity contribution is 7.71. The summed E-state index contributed by atoms with van der Waals surface area (Å²) in [5.41, 5.74) is 0. The summed E-state index contributed by atoms with van der Waals surface area (Å²) in [5.74, 6) is 2.51. The molecule has 0 N–H and O–H groups in total. The van der Waals surface area contributed by atoms with Gasteiger partial charge < -0.3 is 4.42 Å². The third-order valence-corrected chi connectivity index (χ3v) is 6.18. The number of rotatable bonds is 6. The Labute approximate surface area is 154 Å². The van der Waals surface area contributed by atoms with Gasteiger partial charge in [-0.2, -0.15) is 0 Å². The molecule has 0 unspecified atom stereocenters. The van der Waals surface area contributed by atoms with Crippen molar-refractivity contribution >= 4 is 12.2 Å². The van der Waals surface area contributed by atoms with Crippen molar-refractivity contribution in [3.8, 4) is 11.6 Å². The lowest BCUT2D eigenvalue weighted by Crippen LogP contribution is -2.41. The van der Waals surface area contributed by atoms with E-state index in [1.165, 1.54) is 38.5 Å². The molecule has 0 spiro atoms. The van der Waals surface area contributed by atoms with Gasteiger partial charge in [0.25, 0.3) is 0 Å². The molecule has 2 aromatic heterocycles. The molecular weight excluding hydrogens is 332 g/mol. The molecule has 0 atom stereocenters. The van der Waals surface area contributed by atoms with Crippen molar-refractivity contribution in [3.05, 3.63) is 23.2 Å². The van der Waals surface area contributed by atoms with E-state index in [1.807, 2.05) is 16.8 Å². The van der Waals surface area contributed by atoms with Crippen molar-refractivity contribution < 1.29 is 4.42 Å². The first-order valence-electron chi connectivity index (χ1n) is 9.64. The summed E-state index contributed by atoms with van der Waals surface area (Å²) in [6.07, 6.45) is 9.64. The van der Waals surface area contributed by atoms with Gasteiger partial charge in [0.1, 0.15) is 0 Å². The minimum Gasteiger partial charge on any atom is -0.461 e. The molecule has 2 heterocycles. The van der Waals surface area contributed by atoms with Crippen LogP contribution >= 0.6 is 12.2 Å². The summed E-state index contributed by atoms with van der Waals surface area (Å²) in [6, 6.07) is 5.26. The Kier molecular flexibility index (Phi) is 4.82. The predicted molar refractivity (Wildman–Crippen MR) is 101 cm³/mol. The maximum absolute atomic E-state index is 5.73. The monoisotopic (exact) mass is 360 g/mol. The number of hydrogen-bond acceptors (Lipinski definition) is 4. The molecule has 0 amide bonds. The Morgan fingerprint density at radius 2 is 1.88 bits per heavy atom. The van der Waals surface area contributed by atoms with Gasteiger partial charge in [-0.05, 0) is 75.7 Å². The van der Waals surface area contributed by atoms with Crippen molar-refractivity contribution in [1.29, 1.82) is 0 Å². The lowest BCUT2D eigenvalue weighted by atomic mass is 9.86. The quantitative estimate of drug-likeness (QED) is 0.700. The van der Waals surface area contributed by atoms with Crippen LogP contribution in [-0.2, 0) is 13.2 Å². The third kappa shape index (κ3) is 3.47. The van der Waals surface area contributed by atoms with Crippen molar-refractivity contribution in [3.63, 3.8) is 0 Å². The molecule has 2 aromatic rings. The lowest BCUT2D eigenvalue weighted by Gasteiger charge is -2.36. The van der Waals surface area contributed by atoms with Gasteiger partial charge in [-0.15, -0.1) is 5.10 Å². The second-order valence-corrected chi connectivity index (χ2v) is 7.99. The smallest absolute Gasteiger partial charge is 0.199 e. The molecule has 25 heavy (non-hydrogen) atoms. The summed E-state index contributed by atoms with van der Waals surface area (Å²) >= 11 is 5.73. The normalized spacial score (nSPS) is 24.1. The van der Waals surface area contributed by atoms with Crippen molar-refractivity contribution in [2.24, 2.45) is 5.92 Å². The highest BCUT2D eigenvalue weighted by Gasteiger charge is 2.36. The summed E-state index contributed by atoms with van der Waals surface area (Å²) < 4.78 is 10.4. The van der Waals surface area contributed by atoms with Crippen molar-refractivity contribution in [2.75, 3.05) is 0 Å². The van der Waals surface area contributed by atoms with Crippen LogP contribution in [0.4, 0.5) is 0 Å². The largest absolute Gasteiger partial charge is 0.461 e. The molecule has 0 bridgehead atoms. The highest BCUT2D eigenvalue weighted by atomic mass is 32.1. The van der Waals surface area contributed by atoms with Gasteiger partial charge in [-0.25, -0.2) is 4.68 Å². The van der Waals surface area contributed by atoms with Crippen LogP contribution < -0.4 is 0 Å². The van der Waals surface area contributed by atoms with Gasteiger partial charge in [0.05, 0.1) is 12.9 Å². The maximum atomic E-state index is 5.73. The second-order valence-electron chi connectivity index (χ2n) is 7.63. The zero-order valence-electron chi connectivity index (χ0n) is 15.2. The summed E-state index contributed by atoms with van der Waals surface area (Å²) in [6.45, 7) is 6.10. The van der Waals surface area contributed by atoms with E-state index >= 15 is 0 Å². The fourth-order valence-electron chi connectivity index (χ4n) is 4.07. The van der Waals surface area contributed by atoms with Crippen LogP contribution in [-0.4, -0.2) is 31.3 Å². The standard InChI is InChI=1S/C19H28N4OS/c1-3-21-18(17-5-4-12-24-17)20-23(19(21)25)13-22(16-10-11-16)15-8-6-14(2)7-9-15/h4-5,12,14-16H,3,6-11,13H2,1-2H3. The Balaban J connectivity index is 1.59. The van der Waals surface area contributed by atoms with Crippen molar-refractivity contribution in [1.82, 2.24) is 19.2 Å². The zero-order chi connectivity index (χ0) is 17.4. The Morgan fingerprint density at radius 1 is 1.20 bits per heavy atom. The van der Waals surface area contributed by atoms with E-state index in [4.69, 9.17) is 21.7 Å². The van der Waals surface area contributed by atoms with Gasteiger partial charge in [0.15, 0.2) is 16.4 Å². The molecule has 6 heteroatoms. The van der Waals surface area contributed by atoms with E-state index in [2.05, 4.69) is 23.3 Å². The first-order valence-corrected chi connectivity index (χ1v) is 10.1. The highest BCUT2D eigenvalue weighted by Crippen LogP contribution is 2.35. The first-order chi connectivity index (χ1) is 12.2. The summed E-state index contributed by atoms with van der Waals surface area (Å²) in [7, 11) is 0. The minimum atomic E-state index is 0.685. The van der Waals surface area contributed by atoms with E-state index in [9.17, 15) is 0 Å². The lowest BCUT2D eigenvalue weighted by molar-refractivity contribution is 0.0920. The number of aromatic nitrogens is 3. The zero-order valence-corrected chi connectivity index (χ0v) is 16.0. The van der Waals surface area contributed by atoms with Crippen LogP contribution in [0.15, 0.2) is 22.8 Å². The van der Waals surface area contributed by atoms with Gasteiger partial charge in [0.2, 0.25) is 0 Å². The van der Waals surface area contributed by atoms with Crippen LogP contribution in [0, 0.1) is 10.7 Å². The molecule has 2 aliphatic rings. The van der Waals surface area contributed by atoms with Gasteiger partial charge in [-0.1, -0.05) is 6.92 Å². The molecule has 136 valence electrons. The average Bonchev–Trinajstić information content (AvgIpc) is 3.21. The average molecular weight is 361 g/mol. The van der Waals surface area contributed by atoms with Gasteiger partial charge in [-0.3, -0.25) is 9.47 Å². The maximum Gasteiger partial charge on any atom is 0.199 e. The van der Waals surface area contributed by atoms with E-state index in [1.54, 1.807) is 6.26 Å². The molecule has 0 aliphatic heterocycles. The molecule has 2 saturated carbocycles. The van der Waals surface area contributed by atoms with Crippen LogP contribution in [0.5, 0.6) is 0 Å². The molecule has 0 radical (unpaired) electrons. The second kappa shape index (κ2) is 7.08. The van der Waals surface area contributed by atoms with Gasteiger partial charge in [0, 0.05) is 18.6 Å². The topological polar surface area (TPSA) is 39.1 Å². The molecule has 2 aliphatic carbocycles. The molecule has 5 nitrogen and oxygen atoms in total. The van der Waals surface area contributed by atoms with Crippen molar-refractivity contribution in [2.45, 2.75) is 77.7 Å². The van der Waals surface area contributed by atoms with E-state index in [-0.39, 0.29) is 0 Å². The predicted octanol–water partition coefficient (Wildman–Crippen LogP) is 4.69. The minimum absolute atomic E-state index is 0.685. The summed E-state index contributed by atoms with van der Waals surface area (Å²) in [4.78, 5) is 2.67. The molecule has 4 rings (SSSR count). The van der Waals surface area contributed by atoms with Crippen LogP contribution in [0.1, 0.15) is 52.4 Å². The van der Waals surface area contributed by atoms with E-state index in [0.717, 1.165) is 41.5 Å². The Bertz CT molecular complexity index is 751. The van der Waals surface area contributed by atoms with Crippen LogP contribution in [0.25, 0.3) is 11.6 Å². The fourth-order valence-corrected chi connectivity index (χ4v) is 4.38. The van der Waals surface area contributed by atoms with Crippen LogP contribution in [0.2, 0.25) is 0 Å². The van der Waals surface area contributed by atoms with Gasteiger partial charge >= 0.3 is 0 Å². The van der Waals surface area contributed by atoms with Crippen LogP contribution in [0.3, 0.4) is 0 Å². The fraction of sp³-hybridized carbons (Fsp3) is 0.684. The number of furan rings is 1. The van der Waals surface area contributed by atoms with E-state index in [0.29, 0.717) is 6.04 Å². The number of hydrogen-bond donors (Lipinski definition) is 0.